The van der Waals surface area contributed by atoms with Crippen molar-refractivity contribution in [3.05, 3.63) is 71.3 Å². The van der Waals surface area contributed by atoms with Crippen LogP contribution in [-0.2, 0) is 34.1 Å². The number of amides is 1. The zero-order valence-corrected chi connectivity index (χ0v) is 19.2. The van der Waals surface area contributed by atoms with E-state index >= 15 is 0 Å². The fourth-order valence-electron chi connectivity index (χ4n) is 4.15. The number of likely N-dealkylation sites (tertiary alicyclic amines) is 1. The van der Waals surface area contributed by atoms with Gasteiger partial charge in [0.1, 0.15) is 5.75 Å². The molecule has 1 aliphatic heterocycles. The molecule has 0 saturated carbocycles. The second kappa shape index (κ2) is 11.4. The second-order valence-corrected chi connectivity index (χ2v) is 10.7. The summed E-state index contributed by atoms with van der Waals surface area (Å²) in [5.41, 5.74) is 3.36. The van der Waals surface area contributed by atoms with E-state index in [0.29, 0.717) is 25.4 Å². The van der Waals surface area contributed by atoms with Crippen LogP contribution < -0.4 is 5.32 Å². The van der Waals surface area contributed by atoms with Crippen molar-refractivity contribution >= 4 is 15.7 Å². The van der Waals surface area contributed by atoms with Crippen molar-refractivity contribution in [3.8, 4) is 0 Å². The highest BCUT2D eigenvalue weighted by Crippen LogP contribution is 2.20. The van der Waals surface area contributed by atoms with E-state index in [-0.39, 0.29) is 5.75 Å². The Kier molecular flexibility index (Phi) is 8.67. The molecule has 0 spiro atoms. The van der Waals surface area contributed by atoms with Gasteiger partial charge in [-0.3, -0.25) is 9.69 Å². The van der Waals surface area contributed by atoms with E-state index in [1.165, 1.54) is 24.8 Å². The van der Waals surface area contributed by atoms with Gasteiger partial charge < -0.3 is 5.32 Å². The first-order valence-electron chi connectivity index (χ1n) is 11.2. The highest BCUT2D eigenvalue weighted by Gasteiger charge is 2.20. The Hall–Kier alpha value is -2.18. The Morgan fingerprint density at radius 1 is 1.03 bits per heavy atom. The van der Waals surface area contributed by atoms with Gasteiger partial charge in [0.25, 0.3) is 0 Å². The Bertz CT molecular complexity index is 944. The Labute approximate surface area is 186 Å². The molecule has 1 N–H and O–H groups in total. The molecule has 0 bridgehead atoms. The van der Waals surface area contributed by atoms with Crippen LogP contribution >= 0.6 is 0 Å². The van der Waals surface area contributed by atoms with Gasteiger partial charge in [-0.1, -0.05) is 61.0 Å². The van der Waals surface area contributed by atoms with Crippen LogP contribution in [0.5, 0.6) is 0 Å². The predicted molar refractivity (Wildman–Crippen MR) is 125 cm³/mol. The largest absolute Gasteiger partial charge is 0.351 e. The number of aryl methyl sites for hydroxylation is 1. The van der Waals surface area contributed by atoms with Crippen LogP contribution in [0.15, 0.2) is 54.6 Å². The molecule has 1 saturated heterocycles. The summed E-state index contributed by atoms with van der Waals surface area (Å²) in [6, 6.07) is 18.5. The summed E-state index contributed by atoms with van der Waals surface area (Å²) in [6.45, 7) is 4.59. The van der Waals surface area contributed by atoms with Crippen molar-refractivity contribution < 1.29 is 13.2 Å². The molecule has 0 radical (unpaired) electrons. The molecule has 1 atom stereocenters. The second-order valence-electron chi connectivity index (χ2n) is 8.54. The van der Waals surface area contributed by atoms with Crippen LogP contribution in [0.3, 0.4) is 0 Å². The molecule has 1 heterocycles. The van der Waals surface area contributed by atoms with Crippen molar-refractivity contribution in [1.29, 1.82) is 0 Å². The van der Waals surface area contributed by atoms with Gasteiger partial charge in [0.2, 0.25) is 5.91 Å². The topological polar surface area (TPSA) is 66.5 Å². The maximum Gasteiger partial charge on any atom is 0.235 e. The number of hydrogen-bond acceptors (Lipinski definition) is 4. The number of nitrogens with one attached hydrogen (secondary N) is 1. The fourth-order valence-corrected chi connectivity index (χ4v) is 5.38. The van der Waals surface area contributed by atoms with Crippen LogP contribution in [0.25, 0.3) is 0 Å². The maximum absolute atomic E-state index is 12.3. The van der Waals surface area contributed by atoms with E-state index in [1.807, 2.05) is 48.5 Å². The maximum atomic E-state index is 12.3. The quantitative estimate of drug-likeness (QED) is 0.609. The lowest BCUT2D eigenvalue weighted by Crippen LogP contribution is -2.37. The number of sulfone groups is 1. The first kappa shape index (κ1) is 23.5. The molecule has 0 aliphatic carbocycles. The van der Waals surface area contributed by atoms with E-state index in [1.54, 1.807) is 0 Å². The number of rotatable bonds is 10. The smallest absolute Gasteiger partial charge is 0.235 e. The first-order chi connectivity index (χ1) is 14.9. The number of carbonyl (C=O) groups is 1. The minimum absolute atomic E-state index is 0.0265. The lowest BCUT2D eigenvalue weighted by Gasteiger charge is -2.33. The molecular formula is C25H34N2O3S. The zero-order chi connectivity index (χ0) is 22.1. The van der Waals surface area contributed by atoms with Gasteiger partial charge in [-0.05, 0) is 55.8 Å². The molecule has 2 aromatic rings. The molecule has 5 nitrogen and oxygen atoms in total. The van der Waals surface area contributed by atoms with Crippen molar-refractivity contribution in [3.63, 3.8) is 0 Å². The van der Waals surface area contributed by atoms with E-state index in [2.05, 4.69) is 23.2 Å². The molecule has 0 aromatic heterocycles. The number of nitrogens with zero attached hydrogens (tertiary/aromatic N) is 1. The third-order valence-corrected chi connectivity index (χ3v) is 7.64. The fraction of sp³-hybridized carbons (Fsp3) is 0.480. The van der Waals surface area contributed by atoms with Crippen LogP contribution in [0.2, 0.25) is 0 Å². The van der Waals surface area contributed by atoms with E-state index in [0.717, 1.165) is 24.2 Å². The minimum atomic E-state index is -3.42. The van der Waals surface area contributed by atoms with Gasteiger partial charge in [-0.2, -0.15) is 0 Å². The molecule has 1 fully saturated rings. The summed E-state index contributed by atoms with van der Waals surface area (Å²) in [7, 11) is -3.42. The van der Waals surface area contributed by atoms with Crippen molar-refractivity contribution in [2.45, 2.75) is 58.2 Å². The molecular weight excluding hydrogens is 408 g/mol. The summed E-state index contributed by atoms with van der Waals surface area (Å²) in [5, 5.41) is 2.82. The standard InChI is InChI=1S/C25H34N2O3S/c1-21-10-7-8-16-27(21)19-24-15-6-5-14-23(24)18-26-25(28)20-31(29,30)17-9-13-22-11-3-2-4-12-22/h2-6,11-12,14-15,21H,7-10,13,16-20H2,1H3,(H,26,28). The first-order valence-corrected chi connectivity index (χ1v) is 13.1. The summed E-state index contributed by atoms with van der Waals surface area (Å²) >= 11 is 0. The van der Waals surface area contributed by atoms with E-state index < -0.39 is 21.5 Å². The monoisotopic (exact) mass is 442 g/mol. The summed E-state index contributed by atoms with van der Waals surface area (Å²) in [6.07, 6.45) is 4.96. The summed E-state index contributed by atoms with van der Waals surface area (Å²) in [5.74, 6) is -0.855. The van der Waals surface area contributed by atoms with Crippen molar-refractivity contribution in [2.24, 2.45) is 0 Å². The van der Waals surface area contributed by atoms with Crippen molar-refractivity contribution in [2.75, 3.05) is 18.1 Å². The molecule has 31 heavy (non-hydrogen) atoms. The highest BCUT2D eigenvalue weighted by atomic mass is 32.2. The molecule has 1 aliphatic rings. The van der Waals surface area contributed by atoms with Gasteiger partial charge in [0.15, 0.2) is 9.84 Å². The Morgan fingerprint density at radius 3 is 2.48 bits per heavy atom. The molecule has 3 rings (SSSR count). The molecule has 168 valence electrons. The lowest BCUT2D eigenvalue weighted by atomic mass is 10.0. The minimum Gasteiger partial charge on any atom is -0.351 e. The van der Waals surface area contributed by atoms with Crippen molar-refractivity contribution in [1.82, 2.24) is 10.2 Å². The van der Waals surface area contributed by atoms with Gasteiger partial charge in [0, 0.05) is 19.1 Å². The van der Waals surface area contributed by atoms with E-state index in [9.17, 15) is 13.2 Å². The van der Waals surface area contributed by atoms with Crippen LogP contribution in [0.4, 0.5) is 0 Å². The Balaban J connectivity index is 1.47. The Morgan fingerprint density at radius 2 is 1.74 bits per heavy atom. The average Bonchev–Trinajstić information content (AvgIpc) is 2.75. The number of piperidine rings is 1. The van der Waals surface area contributed by atoms with Crippen LogP contribution in [0.1, 0.15) is 49.3 Å². The van der Waals surface area contributed by atoms with Gasteiger partial charge >= 0.3 is 0 Å². The molecule has 6 heteroatoms. The average molecular weight is 443 g/mol. The summed E-state index contributed by atoms with van der Waals surface area (Å²) in [4.78, 5) is 14.8. The highest BCUT2D eigenvalue weighted by molar-refractivity contribution is 7.92. The number of carbonyl (C=O) groups excluding carboxylic acids is 1. The van der Waals surface area contributed by atoms with Gasteiger partial charge in [-0.25, -0.2) is 8.42 Å². The lowest BCUT2D eigenvalue weighted by molar-refractivity contribution is -0.118. The number of benzene rings is 2. The number of hydrogen-bond donors (Lipinski definition) is 1. The predicted octanol–water partition coefficient (Wildman–Crippen LogP) is 3.72. The van der Waals surface area contributed by atoms with Crippen LogP contribution in [0, 0.1) is 0 Å². The molecule has 1 amide bonds. The van der Waals surface area contributed by atoms with Crippen LogP contribution in [-0.4, -0.2) is 43.3 Å². The van der Waals surface area contributed by atoms with Gasteiger partial charge in [-0.15, -0.1) is 0 Å². The van der Waals surface area contributed by atoms with Gasteiger partial charge in [0.05, 0.1) is 5.75 Å². The molecule has 1 unspecified atom stereocenters. The third kappa shape index (κ3) is 7.78. The molecule has 2 aromatic carbocycles. The SMILES string of the molecule is CC1CCCCN1Cc1ccccc1CNC(=O)CS(=O)(=O)CCCc1ccccc1. The zero-order valence-electron chi connectivity index (χ0n) is 18.4. The normalized spacial score (nSPS) is 17.4. The third-order valence-electron chi connectivity index (χ3n) is 6.02. The van der Waals surface area contributed by atoms with E-state index in [4.69, 9.17) is 0 Å². The summed E-state index contributed by atoms with van der Waals surface area (Å²) < 4.78 is 24.7.